The minimum Gasteiger partial charge on any atom is -0.302 e. The molecule has 2 aliphatic heterocycles. The van der Waals surface area contributed by atoms with E-state index in [4.69, 9.17) is 0 Å². The standard InChI is InChI=1S/C11H19NOS/c1-9-6-12(4-2-11(9)13)7-10-3-5-14-8-10/h9-10H,2-8H2,1H3. The maximum absolute atomic E-state index is 11.3. The van der Waals surface area contributed by atoms with Crippen LogP contribution >= 0.6 is 11.8 Å². The number of carbonyl (C=O) groups is 1. The van der Waals surface area contributed by atoms with Crippen molar-refractivity contribution in [3.63, 3.8) is 0 Å². The van der Waals surface area contributed by atoms with E-state index in [1.54, 1.807) is 0 Å². The van der Waals surface area contributed by atoms with Crippen LogP contribution in [0.5, 0.6) is 0 Å². The number of Topliss-reactive ketones (excluding diaryl/α,β-unsaturated/α-hetero) is 1. The number of ketones is 1. The second kappa shape index (κ2) is 4.67. The molecule has 0 N–H and O–H groups in total. The van der Waals surface area contributed by atoms with Crippen molar-refractivity contribution in [1.82, 2.24) is 4.90 Å². The van der Waals surface area contributed by atoms with E-state index < -0.39 is 0 Å². The van der Waals surface area contributed by atoms with Gasteiger partial charge in [0.05, 0.1) is 0 Å². The fourth-order valence-electron chi connectivity index (χ4n) is 2.35. The van der Waals surface area contributed by atoms with Crippen LogP contribution in [0.3, 0.4) is 0 Å². The number of likely N-dealkylation sites (tertiary alicyclic amines) is 1. The molecular weight excluding hydrogens is 194 g/mol. The minimum atomic E-state index is 0.276. The molecule has 2 fully saturated rings. The molecule has 0 aromatic rings. The SMILES string of the molecule is CC1CN(CC2CCSC2)CCC1=O. The molecule has 2 saturated heterocycles. The van der Waals surface area contributed by atoms with E-state index in [0.29, 0.717) is 5.78 Å². The lowest BCUT2D eigenvalue weighted by atomic mass is 9.97. The Hall–Kier alpha value is -0.0200. The number of hydrogen-bond acceptors (Lipinski definition) is 3. The van der Waals surface area contributed by atoms with Gasteiger partial charge < -0.3 is 4.90 Å². The average molecular weight is 213 g/mol. The van der Waals surface area contributed by atoms with Crippen LogP contribution < -0.4 is 0 Å². The zero-order chi connectivity index (χ0) is 9.97. The van der Waals surface area contributed by atoms with Crippen LogP contribution in [-0.4, -0.2) is 41.8 Å². The molecule has 14 heavy (non-hydrogen) atoms. The fourth-order valence-corrected chi connectivity index (χ4v) is 3.63. The molecule has 3 heteroatoms. The number of thioether (sulfide) groups is 1. The van der Waals surface area contributed by atoms with E-state index in [0.717, 1.165) is 25.4 Å². The summed E-state index contributed by atoms with van der Waals surface area (Å²) in [6, 6.07) is 0. The van der Waals surface area contributed by atoms with Crippen LogP contribution in [0.15, 0.2) is 0 Å². The van der Waals surface area contributed by atoms with Gasteiger partial charge in [0.25, 0.3) is 0 Å². The van der Waals surface area contributed by atoms with Gasteiger partial charge in [-0.05, 0) is 23.8 Å². The van der Waals surface area contributed by atoms with Crippen molar-refractivity contribution in [2.75, 3.05) is 31.1 Å². The Labute approximate surface area is 90.4 Å². The van der Waals surface area contributed by atoms with E-state index in [9.17, 15) is 4.79 Å². The zero-order valence-electron chi connectivity index (χ0n) is 8.87. The Morgan fingerprint density at radius 1 is 1.57 bits per heavy atom. The van der Waals surface area contributed by atoms with E-state index in [-0.39, 0.29) is 5.92 Å². The third kappa shape index (κ3) is 2.51. The molecule has 2 nitrogen and oxygen atoms in total. The van der Waals surface area contributed by atoms with Crippen molar-refractivity contribution in [1.29, 1.82) is 0 Å². The predicted molar refractivity (Wildman–Crippen MR) is 60.7 cm³/mol. The molecule has 2 atom stereocenters. The Bertz CT molecular complexity index is 213. The number of hydrogen-bond donors (Lipinski definition) is 0. The van der Waals surface area contributed by atoms with E-state index in [1.807, 2.05) is 0 Å². The van der Waals surface area contributed by atoms with Gasteiger partial charge in [0.2, 0.25) is 0 Å². The molecule has 0 amide bonds. The summed E-state index contributed by atoms with van der Waals surface area (Å²) in [6.45, 7) is 5.30. The van der Waals surface area contributed by atoms with Gasteiger partial charge in [-0.15, -0.1) is 0 Å². The summed E-state index contributed by atoms with van der Waals surface area (Å²) >= 11 is 2.08. The van der Waals surface area contributed by atoms with Gasteiger partial charge in [-0.3, -0.25) is 4.79 Å². The Balaban J connectivity index is 1.78. The summed E-state index contributed by atoms with van der Waals surface area (Å²) < 4.78 is 0. The molecule has 2 unspecified atom stereocenters. The topological polar surface area (TPSA) is 20.3 Å². The Morgan fingerprint density at radius 2 is 2.43 bits per heavy atom. The second-order valence-corrected chi connectivity index (χ2v) is 5.76. The molecular formula is C11H19NOS. The molecule has 2 aliphatic rings. The molecule has 2 rings (SSSR count). The molecule has 0 bridgehead atoms. The molecule has 2 heterocycles. The van der Waals surface area contributed by atoms with Crippen molar-refractivity contribution in [2.45, 2.75) is 19.8 Å². The van der Waals surface area contributed by atoms with Gasteiger partial charge in [-0.25, -0.2) is 0 Å². The number of nitrogens with zero attached hydrogens (tertiary/aromatic N) is 1. The summed E-state index contributed by atoms with van der Waals surface area (Å²) in [7, 11) is 0. The quantitative estimate of drug-likeness (QED) is 0.695. The van der Waals surface area contributed by atoms with Crippen LogP contribution in [0.4, 0.5) is 0 Å². The van der Waals surface area contributed by atoms with Crippen LogP contribution in [0, 0.1) is 11.8 Å². The lowest BCUT2D eigenvalue weighted by Crippen LogP contribution is -2.41. The lowest BCUT2D eigenvalue weighted by molar-refractivity contribution is -0.125. The van der Waals surface area contributed by atoms with Crippen molar-refractivity contribution in [3.05, 3.63) is 0 Å². The molecule has 0 aromatic carbocycles. The van der Waals surface area contributed by atoms with Crippen LogP contribution in [-0.2, 0) is 4.79 Å². The molecule has 0 saturated carbocycles. The van der Waals surface area contributed by atoms with Gasteiger partial charge in [-0.1, -0.05) is 6.92 Å². The van der Waals surface area contributed by atoms with Crippen molar-refractivity contribution in [3.8, 4) is 0 Å². The first-order chi connectivity index (χ1) is 6.75. The first-order valence-corrected chi connectivity index (χ1v) is 6.74. The van der Waals surface area contributed by atoms with Gasteiger partial charge in [0, 0.05) is 32.0 Å². The maximum atomic E-state index is 11.3. The van der Waals surface area contributed by atoms with Gasteiger partial charge in [0.1, 0.15) is 5.78 Å². The summed E-state index contributed by atoms with van der Waals surface area (Å²) in [6.07, 6.45) is 2.16. The normalized spacial score (nSPS) is 35.1. The first kappa shape index (κ1) is 10.5. The fraction of sp³-hybridized carbons (Fsp3) is 0.909. The summed E-state index contributed by atoms with van der Waals surface area (Å²) in [5.74, 6) is 4.30. The Kier molecular flexibility index (Phi) is 3.50. The lowest BCUT2D eigenvalue weighted by Gasteiger charge is -2.31. The summed E-state index contributed by atoms with van der Waals surface area (Å²) in [4.78, 5) is 13.8. The molecule has 0 aliphatic carbocycles. The van der Waals surface area contributed by atoms with E-state index >= 15 is 0 Å². The third-order valence-electron chi connectivity index (χ3n) is 3.30. The van der Waals surface area contributed by atoms with Crippen LogP contribution in [0.2, 0.25) is 0 Å². The molecule has 80 valence electrons. The largest absolute Gasteiger partial charge is 0.302 e. The predicted octanol–water partition coefficient (Wildman–Crippen LogP) is 1.65. The van der Waals surface area contributed by atoms with E-state index in [1.165, 1.54) is 24.5 Å². The van der Waals surface area contributed by atoms with Crippen LogP contribution in [0.25, 0.3) is 0 Å². The first-order valence-electron chi connectivity index (χ1n) is 5.58. The van der Waals surface area contributed by atoms with Gasteiger partial charge >= 0.3 is 0 Å². The average Bonchev–Trinajstić information content (AvgIpc) is 2.64. The van der Waals surface area contributed by atoms with Gasteiger partial charge in [0.15, 0.2) is 0 Å². The number of piperidine rings is 1. The highest BCUT2D eigenvalue weighted by Crippen LogP contribution is 2.25. The van der Waals surface area contributed by atoms with Crippen molar-refractivity contribution >= 4 is 17.5 Å². The monoisotopic (exact) mass is 213 g/mol. The highest BCUT2D eigenvalue weighted by atomic mass is 32.2. The number of carbonyl (C=O) groups excluding carboxylic acids is 1. The smallest absolute Gasteiger partial charge is 0.138 e. The highest BCUT2D eigenvalue weighted by Gasteiger charge is 2.26. The van der Waals surface area contributed by atoms with E-state index in [2.05, 4.69) is 23.6 Å². The highest BCUT2D eigenvalue weighted by molar-refractivity contribution is 7.99. The molecule has 0 spiro atoms. The Morgan fingerprint density at radius 3 is 3.07 bits per heavy atom. The summed E-state index contributed by atoms with van der Waals surface area (Å²) in [5, 5.41) is 0. The third-order valence-corrected chi connectivity index (χ3v) is 4.53. The second-order valence-electron chi connectivity index (χ2n) is 4.61. The van der Waals surface area contributed by atoms with Crippen molar-refractivity contribution in [2.24, 2.45) is 11.8 Å². The maximum Gasteiger partial charge on any atom is 0.138 e. The van der Waals surface area contributed by atoms with Crippen molar-refractivity contribution < 1.29 is 4.79 Å². The van der Waals surface area contributed by atoms with Gasteiger partial charge in [-0.2, -0.15) is 11.8 Å². The number of rotatable bonds is 2. The zero-order valence-corrected chi connectivity index (χ0v) is 9.68. The van der Waals surface area contributed by atoms with Crippen LogP contribution in [0.1, 0.15) is 19.8 Å². The molecule has 0 radical (unpaired) electrons. The summed E-state index contributed by atoms with van der Waals surface area (Å²) in [5.41, 5.74) is 0. The molecule has 0 aromatic heterocycles. The minimum absolute atomic E-state index is 0.276.